The van der Waals surface area contributed by atoms with Crippen LogP contribution in [0.3, 0.4) is 0 Å². The van der Waals surface area contributed by atoms with Crippen LogP contribution in [0.5, 0.6) is 0 Å². The number of piperidine rings is 2. The summed E-state index contributed by atoms with van der Waals surface area (Å²) in [5.41, 5.74) is 1.04. The van der Waals surface area contributed by atoms with Gasteiger partial charge in [0.1, 0.15) is 0 Å². The van der Waals surface area contributed by atoms with E-state index in [-0.39, 0.29) is 18.1 Å². The smallest absolute Gasteiger partial charge is 0.227 e. The van der Waals surface area contributed by atoms with Crippen LogP contribution in [-0.2, 0) is 11.2 Å². The Balaban J connectivity index is 1.39. The van der Waals surface area contributed by atoms with Gasteiger partial charge in [-0.1, -0.05) is 42.5 Å². The topological polar surface area (TPSA) is 64.0 Å². The monoisotopic (exact) mass is 368 g/mol. The van der Waals surface area contributed by atoms with Crippen LogP contribution in [0.25, 0.3) is 10.8 Å². The molecular formula is C22H28N2O3. The fraction of sp³-hybridized carbons (Fsp3) is 0.500. The first-order chi connectivity index (χ1) is 13.1. The number of amides is 1. The Morgan fingerprint density at radius 3 is 2.48 bits per heavy atom. The van der Waals surface area contributed by atoms with Gasteiger partial charge in [0, 0.05) is 32.2 Å². The number of nitrogens with zero attached hydrogens (tertiary/aromatic N) is 2. The van der Waals surface area contributed by atoms with Crippen LogP contribution in [0.4, 0.5) is 0 Å². The summed E-state index contributed by atoms with van der Waals surface area (Å²) in [6, 6.07) is 14.3. The first-order valence-electron chi connectivity index (χ1n) is 9.96. The highest BCUT2D eigenvalue weighted by Gasteiger charge is 2.35. The van der Waals surface area contributed by atoms with E-state index in [1.54, 1.807) is 0 Å². The second-order valence-electron chi connectivity index (χ2n) is 7.85. The van der Waals surface area contributed by atoms with E-state index in [0.29, 0.717) is 19.5 Å². The number of aliphatic hydroxyl groups excluding tert-OH is 2. The number of benzene rings is 2. The third-order valence-electron chi connectivity index (χ3n) is 6.09. The highest BCUT2D eigenvalue weighted by Crippen LogP contribution is 2.23. The molecule has 1 amide bonds. The average Bonchev–Trinajstić information content (AvgIpc) is 2.69. The van der Waals surface area contributed by atoms with Crippen LogP contribution in [-0.4, -0.2) is 70.3 Å². The second kappa shape index (κ2) is 7.97. The molecule has 2 N–H and O–H groups in total. The fourth-order valence-corrected chi connectivity index (χ4v) is 4.51. The van der Waals surface area contributed by atoms with Crippen molar-refractivity contribution in [3.63, 3.8) is 0 Å². The molecule has 4 rings (SSSR count). The first kappa shape index (κ1) is 18.4. The van der Waals surface area contributed by atoms with Crippen LogP contribution in [0, 0.1) is 0 Å². The first-order valence-corrected chi connectivity index (χ1v) is 9.96. The zero-order valence-electron chi connectivity index (χ0n) is 15.6. The Kier molecular flexibility index (Phi) is 5.43. The molecule has 2 aliphatic rings. The highest BCUT2D eigenvalue weighted by molar-refractivity contribution is 5.90. The average molecular weight is 368 g/mol. The molecule has 2 fully saturated rings. The van der Waals surface area contributed by atoms with Crippen molar-refractivity contribution in [1.29, 1.82) is 0 Å². The van der Waals surface area contributed by atoms with Crippen molar-refractivity contribution in [2.45, 2.75) is 43.9 Å². The zero-order valence-corrected chi connectivity index (χ0v) is 15.6. The van der Waals surface area contributed by atoms with Gasteiger partial charge >= 0.3 is 0 Å². The minimum atomic E-state index is -0.523. The summed E-state index contributed by atoms with van der Waals surface area (Å²) in [5, 5.41) is 22.6. The predicted octanol–water partition coefficient (Wildman–Crippen LogP) is 1.80. The summed E-state index contributed by atoms with van der Waals surface area (Å²) >= 11 is 0. The lowest BCUT2D eigenvalue weighted by atomic mass is 9.96. The van der Waals surface area contributed by atoms with Crippen molar-refractivity contribution in [2.24, 2.45) is 0 Å². The molecule has 144 valence electrons. The van der Waals surface area contributed by atoms with E-state index < -0.39 is 6.10 Å². The second-order valence-corrected chi connectivity index (χ2v) is 7.85. The van der Waals surface area contributed by atoms with Gasteiger partial charge in [-0.3, -0.25) is 9.69 Å². The third-order valence-corrected chi connectivity index (χ3v) is 6.09. The molecule has 0 unspecified atom stereocenters. The van der Waals surface area contributed by atoms with Crippen LogP contribution in [0.15, 0.2) is 42.5 Å². The molecule has 0 bridgehead atoms. The normalized spacial score (nSPS) is 25.0. The Bertz CT molecular complexity index is 796. The van der Waals surface area contributed by atoms with Gasteiger partial charge in [0.05, 0.1) is 18.6 Å². The van der Waals surface area contributed by atoms with Gasteiger partial charge in [-0.05, 0) is 35.6 Å². The van der Waals surface area contributed by atoms with Gasteiger partial charge in [0.2, 0.25) is 5.91 Å². The molecule has 2 atom stereocenters. The van der Waals surface area contributed by atoms with Gasteiger partial charge in [0.25, 0.3) is 0 Å². The van der Waals surface area contributed by atoms with Crippen LogP contribution >= 0.6 is 0 Å². The molecule has 2 aromatic rings. The molecule has 27 heavy (non-hydrogen) atoms. The fourth-order valence-electron chi connectivity index (χ4n) is 4.51. The quantitative estimate of drug-likeness (QED) is 0.867. The number of aliphatic hydroxyl groups is 2. The number of fused-ring (bicyclic) bond motifs is 1. The Labute approximate surface area is 160 Å². The van der Waals surface area contributed by atoms with E-state index in [2.05, 4.69) is 23.1 Å². The molecule has 0 saturated carbocycles. The molecule has 2 heterocycles. The van der Waals surface area contributed by atoms with Crippen LogP contribution in [0.2, 0.25) is 0 Å². The largest absolute Gasteiger partial charge is 0.393 e. The van der Waals surface area contributed by atoms with Crippen molar-refractivity contribution in [3.8, 4) is 0 Å². The molecule has 0 aromatic heterocycles. The summed E-state index contributed by atoms with van der Waals surface area (Å²) in [6.45, 7) is 2.73. The Hall–Kier alpha value is -1.95. The van der Waals surface area contributed by atoms with Crippen molar-refractivity contribution in [1.82, 2.24) is 9.80 Å². The maximum atomic E-state index is 12.9. The maximum absolute atomic E-state index is 12.9. The molecule has 2 saturated heterocycles. The van der Waals surface area contributed by atoms with Crippen LogP contribution in [0.1, 0.15) is 24.8 Å². The van der Waals surface area contributed by atoms with E-state index in [9.17, 15) is 15.0 Å². The minimum Gasteiger partial charge on any atom is -0.393 e. The van der Waals surface area contributed by atoms with Crippen molar-refractivity contribution < 1.29 is 15.0 Å². The number of hydrogen-bond acceptors (Lipinski definition) is 4. The van der Waals surface area contributed by atoms with E-state index in [4.69, 9.17) is 0 Å². The van der Waals surface area contributed by atoms with E-state index in [1.807, 2.05) is 29.2 Å². The summed E-state index contributed by atoms with van der Waals surface area (Å²) in [5.74, 6) is 0.0814. The lowest BCUT2D eigenvalue weighted by Crippen LogP contribution is -2.57. The summed E-state index contributed by atoms with van der Waals surface area (Å²) in [7, 11) is 0. The number of rotatable bonds is 3. The van der Waals surface area contributed by atoms with Gasteiger partial charge in [-0.25, -0.2) is 0 Å². The number of likely N-dealkylation sites (tertiary alicyclic amines) is 2. The molecule has 0 spiro atoms. The summed E-state index contributed by atoms with van der Waals surface area (Å²) < 4.78 is 0. The minimum absolute atomic E-state index is 0.0814. The lowest BCUT2D eigenvalue weighted by molar-refractivity contribution is -0.136. The molecule has 0 aliphatic carbocycles. The van der Waals surface area contributed by atoms with Crippen molar-refractivity contribution >= 4 is 16.7 Å². The summed E-state index contributed by atoms with van der Waals surface area (Å²) in [4.78, 5) is 16.9. The molecular weight excluding hydrogens is 340 g/mol. The van der Waals surface area contributed by atoms with Gasteiger partial charge in [-0.2, -0.15) is 0 Å². The number of carbonyl (C=O) groups excluding carboxylic acids is 1. The summed E-state index contributed by atoms with van der Waals surface area (Å²) in [6.07, 6.45) is 1.97. The lowest BCUT2D eigenvalue weighted by Gasteiger charge is -2.43. The molecule has 5 heteroatoms. The third kappa shape index (κ3) is 4.00. The number of hydrogen-bond donors (Lipinski definition) is 2. The Morgan fingerprint density at radius 2 is 1.70 bits per heavy atom. The predicted molar refractivity (Wildman–Crippen MR) is 105 cm³/mol. The molecule has 0 radical (unpaired) electrons. The van der Waals surface area contributed by atoms with Gasteiger partial charge in [-0.15, -0.1) is 0 Å². The van der Waals surface area contributed by atoms with Gasteiger partial charge in [0.15, 0.2) is 0 Å². The van der Waals surface area contributed by atoms with Crippen LogP contribution < -0.4 is 0 Å². The maximum Gasteiger partial charge on any atom is 0.227 e. The number of carbonyl (C=O) groups is 1. The molecule has 5 nitrogen and oxygen atoms in total. The molecule has 2 aromatic carbocycles. The SMILES string of the molecule is O=C(Cc1cccc2ccccc12)N1CC[C@@H](N2CCC(O)CC2)[C@H](O)C1. The van der Waals surface area contributed by atoms with E-state index in [1.165, 1.54) is 0 Å². The van der Waals surface area contributed by atoms with Crippen molar-refractivity contribution in [3.05, 3.63) is 48.0 Å². The van der Waals surface area contributed by atoms with E-state index >= 15 is 0 Å². The number of β-amino-alcohol motifs (C(OH)–C–C–N with tert-alkyl or cyclic N) is 1. The van der Waals surface area contributed by atoms with E-state index in [0.717, 1.165) is 48.7 Å². The highest BCUT2D eigenvalue weighted by atomic mass is 16.3. The van der Waals surface area contributed by atoms with Gasteiger partial charge < -0.3 is 15.1 Å². The Morgan fingerprint density at radius 1 is 0.963 bits per heavy atom. The molecule has 2 aliphatic heterocycles. The standard InChI is InChI=1S/C22H28N2O3/c25-18-8-11-23(12-9-18)20-10-13-24(15-21(20)26)22(27)14-17-6-3-5-16-4-1-2-7-19(16)17/h1-7,18,20-21,25-26H,8-15H2/t20-,21-/m1/s1. The van der Waals surface area contributed by atoms with Crippen molar-refractivity contribution in [2.75, 3.05) is 26.2 Å². The zero-order chi connectivity index (χ0) is 18.8.